The van der Waals surface area contributed by atoms with Crippen LogP contribution in [0.15, 0.2) is 79.0 Å². The number of pyridine rings is 1. The molecule has 2 aromatic carbocycles. The molecule has 4 heteroatoms. The highest BCUT2D eigenvalue weighted by atomic mass is 16.2. The molecule has 3 aromatic rings. The number of aromatic nitrogens is 1. The van der Waals surface area contributed by atoms with Gasteiger partial charge in [0.05, 0.1) is 11.7 Å². The Labute approximate surface area is 154 Å². The third kappa shape index (κ3) is 4.70. The van der Waals surface area contributed by atoms with Gasteiger partial charge in [-0.25, -0.2) is 4.79 Å². The van der Waals surface area contributed by atoms with Crippen molar-refractivity contribution in [3.8, 4) is 0 Å². The summed E-state index contributed by atoms with van der Waals surface area (Å²) >= 11 is 0. The van der Waals surface area contributed by atoms with E-state index in [2.05, 4.69) is 34.7 Å². The number of carbonyl (C=O) groups excluding carboxylic acids is 1. The van der Waals surface area contributed by atoms with Crippen molar-refractivity contribution in [2.75, 3.05) is 6.54 Å². The lowest BCUT2D eigenvalue weighted by molar-refractivity contribution is 0.238. The number of rotatable bonds is 6. The minimum absolute atomic E-state index is 0.196. The van der Waals surface area contributed by atoms with Gasteiger partial charge in [0, 0.05) is 12.7 Å². The molecule has 0 saturated carbocycles. The highest BCUT2D eigenvalue weighted by molar-refractivity contribution is 5.75. The van der Waals surface area contributed by atoms with Crippen LogP contribution in [-0.2, 0) is 6.42 Å². The molecule has 0 saturated heterocycles. The molecule has 132 valence electrons. The van der Waals surface area contributed by atoms with Crippen LogP contribution in [-0.4, -0.2) is 17.6 Å². The van der Waals surface area contributed by atoms with Gasteiger partial charge in [0.25, 0.3) is 0 Å². The van der Waals surface area contributed by atoms with Crippen molar-refractivity contribution in [3.63, 3.8) is 0 Å². The summed E-state index contributed by atoms with van der Waals surface area (Å²) in [5.41, 5.74) is 4.30. The molecule has 1 atom stereocenters. The summed E-state index contributed by atoms with van der Waals surface area (Å²) in [5.74, 6) is 0. The lowest BCUT2D eigenvalue weighted by atomic mass is 10.0. The number of nitrogens with one attached hydrogen (secondary N) is 2. The Morgan fingerprint density at radius 1 is 0.962 bits per heavy atom. The summed E-state index contributed by atoms with van der Waals surface area (Å²) in [5, 5.41) is 5.99. The monoisotopic (exact) mass is 345 g/mol. The van der Waals surface area contributed by atoms with Gasteiger partial charge >= 0.3 is 6.03 Å². The molecule has 1 aromatic heterocycles. The Kier molecular flexibility index (Phi) is 5.99. The number of aryl methyl sites for hydroxylation is 1. The van der Waals surface area contributed by atoms with E-state index in [4.69, 9.17) is 0 Å². The normalized spacial score (nSPS) is 11.6. The number of hydrogen-bond acceptors (Lipinski definition) is 2. The van der Waals surface area contributed by atoms with Crippen molar-refractivity contribution < 1.29 is 4.79 Å². The molecule has 0 aliphatic heterocycles. The van der Waals surface area contributed by atoms with Gasteiger partial charge in [-0.2, -0.15) is 0 Å². The van der Waals surface area contributed by atoms with E-state index in [-0.39, 0.29) is 12.1 Å². The summed E-state index contributed by atoms with van der Waals surface area (Å²) < 4.78 is 0. The van der Waals surface area contributed by atoms with Crippen LogP contribution in [0.25, 0.3) is 0 Å². The summed E-state index contributed by atoms with van der Waals surface area (Å²) in [6.45, 7) is 2.67. The third-order valence-electron chi connectivity index (χ3n) is 4.33. The molecule has 0 spiro atoms. The smallest absolute Gasteiger partial charge is 0.315 e. The highest BCUT2D eigenvalue weighted by Crippen LogP contribution is 2.19. The molecule has 1 heterocycles. The van der Waals surface area contributed by atoms with E-state index in [9.17, 15) is 4.79 Å². The number of benzene rings is 2. The van der Waals surface area contributed by atoms with Crippen LogP contribution in [0.5, 0.6) is 0 Å². The number of hydrogen-bond donors (Lipinski definition) is 2. The maximum atomic E-state index is 12.4. The van der Waals surface area contributed by atoms with Gasteiger partial charge < -0.3 is 10.6 Å². The van der Waals surface area contributed by atoms with Crippen LogP contribution in [0.2, 0.25) is 0 Å². The Balaban J connectivity index is 1.63. The molecular weight excluding hydrogens is 322 g/mol. The highest BCUT2D eigenvalue weighted by Gasteiger charge is 2.17. The van der Waals surface area contributed by atoms with E-state index in [0.717, 1.165) is 17.7 Å². The van der Waals surface area contributed by atoms with Crippen molar-refractivity contribution in [3.05, 3.63) is 101 Å². The Morgan fingerprint density at radius 2 is 1.69 bits per heavy atom. The fraction of sp³-hybridized carbons (Fsp3) is 0.182. The lowest BCUT2D eigenvalue weighted by Crippen LogP contribution is -2.39. The van der Waals surface area contributed by atoms with E-state index in [1.165, 1.54) is 11.1 Å². The van der Waals surface area contributed by atoms with Gasteiger partial charge in [-0.15, -0.1) is 0 Å². The summed E-state index contributed by atoms with van der Waals surface area (Å²) in [7, 11) is 0. The van der Waals surface area contributed by atoms with Crippen LogP contribution in [0.1, 0.15) is 28.4 Å². The van der Waals surface area contributed by atoms with Gasteiger partial charge in [0.15, 0.2) is 0 Å². The van der Waals surface area contributed by atoms with E-state index < -0.39 is 0 Å². The zero-order valence-electron chi connectivity index (χ0n) is 14.9. The number of amides is 2. The van der Waals surface area contributed by atoms with E-state index in [1.54, 1.807) is 6.20 Å². The van der Waals surface area contributed by atoms with Gasteiger partial charge in [0.1, 0.15) is 0 Å². The first kappa shape index (κ1) is 17.7. The zero-order chi connectivity index (χ0) is 18.2. The first-order valence-corrected chi connectivity index (χ1v) is 8.79. The SMILES string of the molecule is Cc1ccccc1CCNC(=O)N[C@@H](c1ccccc1)c1ccccn1. The standard InChI is InChI=1S/C22H23N3O/c1-17-9-5-6-10-18(17)14-16-24-22(26)25-21(19-11-3-2-4-12-19)20-13-7-8-15-23-20/h2-13,15,21H,14,16H2,1H3,(H2,24,25,26)/t21-/m0/s1. The van der Waals surface area contributed by atoms with Crippen LogP contribution >= 0.6 is 0 Å². The molecule has 3 rings (SSSR count). The predicted molar refractivity (Wildman–Crippen MR) is 104 cm³/mol. The Morgan fingerprint density at radius 3 is 2.42 bits per heavy atom. The quantitative estimate of drug-likeness (QED) is 0.709. The first-order chi connectivity index (χ1) is 12.7. The van der Waals surface area contributed by atoms with Crippen LogP contribution in [0, 0.1) is 6.92 Å². The number of nitrogens with zero attached hydrogens (tertiary/aromatic N) is 1. The van der Waals surface area contributed by atoms with Crippen LogP contribution in [0.3, 0.4) is 0 Å². The topological polar surface area (TPSA) is 54.0 Å². The minimum Gasteiger partial charge on any atom is -0.338 e. The lowest BCUT2D eigenvalue weighted by Gasteiger charge is -2.19. The fourth-order valence-electron chi connectivity index (χ4n) is 2.90. The summed E-state index contributed by atoms with van der Waals surface area (Å²) in [4.78, 5) is 16.8. The van der Waals surface area contributed by atoms with Crippen molar-refractivity contribution in [1.29, 1.82) is 0 Å². The molecule has 0 aliphatic rings. The molecule has 2 amide bonds. The van der Waals surface area contributed by atoms with E-state index in [1.807, 2.05) is 60.7 Å². The molecule has 2 N–H and O–H groups in total. The van der Waals surface area contributed by atoms with E-state index in [0.29, 0.717) is 6.54 Å². The molecule has 0 aliphatic carbocycles. The summed E-state index contributed by atoms with van der Waals surface area (Å²) in [6.07, 6.45) is 2.54. The fourth-order valence-corrected chi connectivity index (χ4v) is 2.90. The van der Waals surface area contributed by atoms with Crippen molar-refractivity contribution in [2.24, 2.45) is 0 Å². The largest absolute Gasteiger partial charge is 0.338 e. The van der Waals surface area contributed by atoms with Crippen molar-refractivity contribution >= 4 is 6.03 Å². The van der Waals surface area contributed by atoms with Crippen LogP contribution in [0.4, 0.5) is 4.79 Å². The van der Waals surface area contributed by atoms with Gasteiger partial charge in [-0.05, 0) is 42.2 Å². The Bertz CT molecular complexity index is 795. The van der Waals surface area contributed by atoms with Gasteiger partial charge in [-0.3, -0.25) is 4.98 Å². The molecule has 0 bridgehead atoms. The second-order valence-corrected chi connectivity index (χ2v) is 6.18. The number of carbonyl (C=O) groups is 1. The molecule has 0 unspecified atom stereocenters. The molecule has 0 fully saturated rings. The van der Waals surface area contributed by atoms with E-state index >= 15 is 0 Å². The molecule has 26 heavy (non-hydrogen) atoms. The molecule has 0 radical (unpaired) electrons. The number of urea groups is 1. The van der Waals surface area contributed by atoms with Crippen molar-refractivity contribution in [1.82, 2.24) is 15.6 Å². The minimum atomic E-state index is -0.282. The van der Waals surface area contributed by atoms with Crippen molar-refractivity contribution in [2.45, 2.75) is 19.4 Å². The molecule has 4 nitrogen and oxygen atoms in total. The maximum absolute atomic E-state index is 12.4. The zero-order valence-corrected chi connectivity index (χ0v) is 14.9. The van der Waals surface area contributed by atoms with Gasteiger partial charge in [-0.1, -0.05) is 60.7 Å². The Hall–Kier alpha value is -3.14. The van der Waals surface area contributed by atoms with Gasteiger partial charge in [0.2, 0.25) is 0 Å². The first-order valence-electron chi connectivity index (χ1n) is 8.79. The average molecular weight is 345 g/mol. The average Bonchev–Trinajstić information content (AvgIpc) is 2.69. The second kappa shape index (κ2) is 8.81. The predicted octanol–water partition coefficient (Wildman–Crippen LogP) is 4.02. The van der Waals surface area contributed by atoms with Crippen LogP contribution < -0.4 is 10.6 Å². The third-order valence-corrected chi connectivity index (χ3v) is 4.33. The second-order valence-electron chi connectivity index (χ2n) is 6.18. The summed E-state index contributed by atoms with van der Waals surface area (Å²) in [6, 6.07) is 23.3. The molecular formula is C22H23N3O. The maximum Gasteiger partial charge on any atom is 0.315 e.